The van der Waals surface area contributed by atoms with Gasteiger partial charge in [0, 0.05) is 22.2 Å². The molecule has 24 heavy (non-hydrogen) atoms. The molecule has 0 aliphatic carbocycles. The molecule has 0 radical (unpaired) electrons. The summed E-state index contributed by atoms with van der Waals surface area (Å²) in [5.41, 5.74) is 5.48. The summed E-state index contributed by atoms with van der Waals surface area (Å²) in [7, 11) is 0. The van der Waals surface area contributed by atoms with Crippen LogP contribution in [0.25, 0.3) is 33.4 Å². The van der Waals surface area contributed by atoms with Crippen LogP contribution in [0.15, 0.2) is 77.8 Å². The van der Waals surface area contributed by atoms with Crippen LogP contribution in [0, 0.1) is 0 Å². The highest BCUT2D eigenvalue weighted by Crippen LogP contribution is 2.32. The van der Waals surface area contributed by atoms with Crippen molar-refractivity contribution in [3.05, 3.63) is 72.9 Å². The molecule has 3 aromatic heterocycles. The van der Waals surface area contributed by atoms with E-state index >= 15 is 0 Å². The maximum atomic E-state index is 4.86. The molecule has 0 amide bonds. The molecule has 0 saturated carbocycles. The zero-order chi connectivity index (χ0) is 16.1. The van der Waals surface area contributed by atoms with Crippen LogP contribution in [0.1, 0.15) is 0 Å². The molecule has 116 valence electrons. The highest BCUT2D eigenvalue weighted by atomic mass is 32.2. The van der Waals surface area contributed by atoms with Crippen molar-refractivity contribution in [1.29, 1.82) is 0 Å². The van der Waals surface area contributed by atoms with Crippen LogP contribution in [0.3, 0.4) is 0 Å². The Morgan fingerprint density at radius 2 is 1.67 bits per heavy atom. The van der Waals surface area contributed by atoms with Gasteiger partial charge in [-0.2, -0.15) is 0 Å². The Labute approximate surface area is 143 Å². The second-order valence-corrected chi connectivity index (χ2v) is 6.64. The lowest BCUT2D eigenvalue weighted by Crippen LogP contribution is -1.97. The number of aromatic nitrogens is 3. The van der Waals surface area contributed by atoms with Crippen molar-refractivity contribution < 1.29 is 0 Å². The highest BCUT2D eigenvalue weighted by Gasteiger charge is 2.17. The summed E-state index contributed by atoms with van der Waals surface area (Å²) >= 11 is 1.76. The lowest BCUT2D eigenvalue weighted by atomic mass is 10.2. The Bertz CT molecular complexity index is 1180. The van der Waals surface area contributed by atoms with E-state index in [1.54, 1.807) is 11.8 Å². The molecule has 0 bridgehead atoms. The first-order valence-corrected chi connectivity index (χ1v) is 9.10. The van der Waals surface area contributed by atoms with Gasteiger partial charge in [0.05, 0.1) is 5.52 Å². The second-order valence-electron chi connectivity index (χ2n) is 5.76. The van der Waals surface area contributed by atoms with Gasteiger partial charge in [0.15, 0.2) is 5.65 Å². The fraction of sp³-hybridized carbons (Fsp3) is 0.0500. The topological polar surface area (TPSA) is 22.2 Å². The molecule has 0 aliphatic heterocycles. The highest BCUT2D eigenvalue weighted by molar-refractivity contribution is 7.98. The van der Waals surface area contributed by atoms with Crippen LogP contribution in [-0.4, -0.2) is 20.2 Å². The zero-order valence-corrected chi connectivity index (χ0v) is 14.0. The molecule has 0 spiro atoms. The number of pyridine rings is 1. The van der Waals surface area contributed by atoms with Gasteiger partial charge in [-0.15, -0.1) is 11.8 Å². The predicted octanol–water partition coefficient (Wildman–Crippen LogP) is 5.15. The number of hydrogen-bond acceptors (Lipinski definition) is 2. The quantitative estimate of drug-likeness (QED) is 0.418. The van der Waals surface area contributed by atoms with Crippen molar-refractivity contribution in [3.63, 3.8) is 0 Å². The molecule has 3 nitrogen and oxygen atoms in total. The molecular formula is C20H15N3S. The SMILES string of the molecule is CSc1ccc(-n2c3ccccc3c3nc4ccccn4c32)cc1. The maximum absolute atomic E-state index is 4.86. The summed E-state index contributed by atoms with van der Waals surface area (Å²) in [5, 5.41) is 1.19. The van der Waals surface area contributed by atoms with E-state index in [0.29, 0.717) is 0 Å². The maximum Gasteiger partial charge on any atom is 0.150 e. The largest absolute Gasteiger partial charge is 0.294 e. The van der Waals surface area contributed by atoms with Crippen LogP contribution in [0.4, 0.5) is 0 Å². The minimum atomic E-state index is 0.975. The number of fused-ring (bicyclic) bond motifs is 5. The van der Waals surface area contributed by atoms with Gasteiger partial charge < -0.3 is 0 Å². The third kappa shape index (κ3) is 1.83. The molecule has 2 aromatic carbocycles. The number of nitrogens with zero attached hydrogens (tertiary/aromatic N) is 3. The van der Waals surface area contributed by atoms with E-state index in [2.05, 4.69) is 76.0 Å². The summed E-state index contributed by atoms with van der Waals surface area (Å²) in [5.74, 6) is 0. The number of imidazole rings is 1. The van der Waals surface area contributed by atoms with Gasteiger partial charge in [-0.05, 0) is 48.7 Å². The Hall–Kier alpha value is -2.72. The summed E-state index contributed by atoms with van der Waals surface area (Å²) in [6.07, 6.45) is 4.18. The molecule has 5 aromatic rings. The number of thioether (sulfide) groups is 1. The monoisotopic (exact) mass is 329 g/mol. The van der Waals surface area contributed by atoms with Crippen LogP contribution >= 0.6 is 11.8 Å². The lowest BCUT2D eigenvalue weighted by Gasteiger charge is -2.08. The van der Waals surface area contributed by atoms with E-state index in [4.69, 9.17) is 4.98 Å². The first-order chi connectivity index (χ1) is 11.9. The molecule has 5 rings (SSSR count). The molecule has 0 atom stereocenters. The minimum absolute atomic E-state index is 0.975. The van der Waals surface area contributed by atoms with Crippen LogP contribution < -0.4 is 0 Å². The van der Waals surface area contributed by atoms with Crippen LogP contribution in [-0.2, 0) is 0 Å². The molecule has 0 aliphatic rings. The standard InChI is InChI=1S/C20H15N3S/c1-24-15-11-9-14(10-12-15)23-17-7-3-2-6-16(17)19-20(23)22-13-5-4-8-18(22)21-19/h2-13H,1H3. The van der Waals surface area contributed by atoms with E-state index in [0.717, 1.165) is 22.5 Å². The van der Waals surface area contributed by atoms with E-state index in [-0.39, 0.29) is 0 Å². The number of hydrogen-bond donors (Lipinski definition) is 0. The average molecular weight is 329 g/mol. The van der Waals surface area contributed by atoms with Crippen molar-refractivity contribution in [2.45, 2.75) is 4.90 Å². The number of rotatable bonds is 2. The van der Waals surface area contributed by atoms with Gasteiger partial charge >= 0.3 is 0 Å². The normalized spacial score (nSPS) is 11.7. The van der Waals surface area contributed by atoms with Gasteiger partial charge in [0.25, 0.3) is 0 Å². The fourth-order valence-electron chi connectivity index (χ4n) is 3.35. The molecule has 3 heterocycles. The summed E-state index contributed by atoms with van der Waals surface area (Å²) < 4.78 is 4.46. The summed E-state index contributed by atoms with van der Waals surface area (Å²) in [6, 6.07) is 23.3. The molecule has 4 heteroatoms. The van der Waals surface area contributed by atoms with Crippen molar-refractivity contribution in [3.8, 4) is 5.69 Å². The van der Waals surface area contributed by atoms with Crippen LogP contribution in [0.5, 0.6) is 0 Å². The van der Waals surface area contributed by atoms with Crippen molar-refractivity contribution >= 4 is 39.5 Å². The zero-order valence-electron chi connectivity index (χ0n) is 13.2. The third-order valence-corrected chi connectivity index (χ3v) is 5.19. The minimum Gasteiger partial charge on any atom is -0.294 e. The molecule has 0 fully saturated rings. The lowest BCUT2D eigenvalue weighted by molar-refractivity contribution is 1.09. The smallest absolute Gasteiger partial charge is 0.150 e. The molecule has 0 unspecified atom stereocenters. The van der Waals surface area contributed by atoms with Gasteiger partial charge in [-0.25, -0.2) is 4.98 Å². The molecular weight excluding hydrogens is 314 g/mol. The van der Waals surface area contributed by atoms with Gasteiger partial charge in [-0.3, -0.25) is 8.97 Å². The van der Waals surface area contributed by atoms with Crippen LogP contribution in [0.2, 0.25) is 0 Å². The Morgan fingerprint density at radius 3 is 2.50 bits per heavy atom. The van der Waals surface area contributed by atoms with E-state index in [1.807, 2.05) is 12.1 Å². The molecule has 0 N–H and O–H groups in total. The first kappa shape index (κ1) is 13.7. The molecule has 0 saturated heterocycles. The average Bonchev–Trinajstić information content (AvgIpc) is 3.17. The fourth-order valence-corrected chi connectivity index (χ4v) is 3.76. The van der Waals surface area contributed by atoms with Gasteiger partial charge in [0.1, 0.15) is 11.2 Å². The van der Waals surface area contributed by atoms with Crippen molar-refractivity contribution in [1.82, 2.24) is 14.0 Å². The Morgan fingerprint density at radius 1 is 0.875 bits per heavy atom. The Balaban J connectivity index is 1.96. The van der Waals surface area contributed by atoms with Gasteiger partial charge in [0.2, 0.25) is 0 Å². The number of benzene rings is 2. The predicted molar refractivity (Wildman–Crippen MR) is 101 cm³/mol. The first-order valence-electron chi connectivity index (χ1n) is 7.87. The summed E-state index contributed by atoms with van der Waals surface area (Å²) in [4.78, 5) is 6.13. The number of para-hydroxylation sites is 1. The van der Waals surface area contributed by atoms with E-state index < -0.39 is 0 Å². The van der Waals surface area contributed by atoms with E-state index in [9.17, 15) is 0 Å². The van der Waals surface area contributed by atoms with Crippen molar-refractivity contribution in [2.75, 3.05) is 6.26 Å². The van der Waals surface area contributed by atoms with Crippen molar-refractivity contribution in [2.24, 2.45) is 0 Å². The van der Waals surface area contributed by atoms with E-state index in [1.165, 1.54) is 15.8 Å². The Kier molecular flexibility index (Phi) is 2.94. The summed E-state index contributed by atoms with van der Waals surface area (Å²) in [6.45, 7) is 0. The second kappa shape index (κ2) is 5.14. The van der Waals surface area contributed by atoms with Gasteiger partial charge in [-0.1, -0.05) is 24.3 Å². The third-order valence-electron chi connectivity index (χ3n) is 4.45.